The van der Waals surface area contributed by atoms with Gasteiger partial charge in [0.1, 0.15) is 0 Å². The summed E-state index contributed by atoms with van der Waals surface area (Å²) < 4.78 is 1.29. The van der Waals surface area contributed by atoms with Gasteiger partial charge in [0.25, 0.3) is 5.56 Å². The van der Waals surface area contributed by atoms with Gasteiger partial charge >= 0.3 is 5.69 Å². The number of H-pyrrole nitrogens is 1. The minimum atomic E-state index is -0.513. The Labute approximate surface area is 115 Å². The van der Waals surface area contributed by atoms with Crippen LogP contribution in [0.1, 0.15) is 12.0 Å². The van der Waals surface area contributed by atoms with Gasteiger partial charge in [0.2, 0.25) is 5.91 Å². The molecule has 0 radical (unpaired) electrons. The molecule has 1 heterocycles. The lowest BCUT2D eigenvalue weighted by Gasteiger charge is -2.08. The third kappa shape index (κ3) is 3.44. The van der Waals surface area contributed by atoms with Crippen LogP contribution in [-0.2, 0) is 11.3 Å². The summed E-state index contributed by atoms with van der Waals surface area (Å²) in [4.78, 5) is 36.3. The molecule has 20 heavy (non-hydrogen) atoms. The molecule has 104 valence electrons. The standard InChI is InChI=1S/C14H15N3O3/c1-10-4-2-3-5-11(10)15-12(18)6-8-17-9-7-13(19)16-14(17)20/h2-5,7,9H,6,8H2,1H3,(H,15,18)(H,16,19,20). The molecule has 0 spiro atoms. The van der Waals surface area contributed by atoms with Crippen molar-refractivity contribution >= 4 is 11.6 Å². The number of aromatic nitrogens is 2. The Kier molecular flexibility index (Phi) is 4.14. The first-order valence-corrected chi connectivity index (χ1v) is 6.21. The topological polar surface area (TPSA) is 84.0 Å². The van der Waals surface area contributed by atoms with Crippen molar-refractivity contribution in [2.75, 3.05) is 5.32 Å². The van der Waals surface area contributed by atoms with E-state index in [9.17, 15) is 14.4 Å². The molecule has 6 nitrogen and oxygen atoms in total. The Morgan fingerprint density at radius 1 is 1.25 bits per heavy atom. The Morgan fingerprint density at radius 3 is 2.70 bits per heavy atom. The van der Waals surface area contributed by atoms with Gasteiger partial charge in [0, 0.05) is 30.9 Å². The first kappa shape index (κ1) is 13.8. The van der Waals surface area contributed by atoms with Crippen LogP contribution >= 0.6 is 0 Å². The number of benzene rings is 1. The number of amides is 1. The molecule has 0 fully saturated rings. The summed E-state index contributed by atoms with van der Waals surface area (Å²) in [5, 5.41) is 2.79. The fraction of sp³-hybridized carbons (Fsp3) is 0.214. The molecule has 1 amide bonds. The maximum Gasteiger partial charge on any atom is 0.328 e. The number of hydrogen-bond acceptors (Lipinski definition) is 3. The number of para-hydroxylation sites is 1. The zero-order chi connectivity index (χ0) is 14.5. The van der Waals surface area contributed by atoms with Gasteiger partial charge in [-0.3, -0.25) is 14.6 Å². The minimum absolute atomic E-state index is 0.153. The van der Waals surface area contributed by atoms with Crippen LogP contribution in [0, 0.1) is 6.92 Å². The van der Waals surface area contributed by atoms with E-state index in [4.69, 9.17) is 0 Å². The van der Waals surface area contributed by atoms with E-state index >= 15 is 0 Å². The highest BCUT2D eigenvalue weighted by atomic mass is 16.2. The Hall–Kier alpha value is -2.63. The summed E-state index contributed by atoms with van der Waals surface area (Å²) >= 11 is 0. The van der Waals surface area contributed by atoms with E-state index in [1.165, 1.54) is 16.8 Å². The Morgan fingerprint density at radius 2 is 2.00 bits per heavy atom. The Balaban J connectivity index is 1.97. The predicted octanol–water partition coefficient (Wildman–Crippen LogP) is 0.874. The number of rotatable bonds is 4. The summed E-state index contributed by atoms with van der Waals surface area (Å²) in [5.41, 5.74) is 0.769. The molecule has 0 aliphatic rings. The summed E-state index contributed by atoms with van der Waals surface area (Å²) in [6.07, 6.45) is 1.53. The van der Waals surface area contributed by atoms with E-state index in [-0.39, 0.29) is 18.9 Å². The van der Waals surface area contributed by atoms with Crippen LogP contribution in [0.3, 0.4) is 0 Å². The number of hydrogen-bond donors (Lipinski definition) is 2. The molecule has 0 unspecified atom stereocenters. The van der Waals surface area contributed by atoms with E-state index in [2.05, 4.69) is 10.3 Å². The van der Waals surface area contributed by atoms with E-state index in [1.54, 1.807) is 0 Å². The molecule has 2 N–H and O–H groups in total. The van der Waals surface area contributed by atoms with Crippen LogP contribution in [0.2, 0.25) is 0 Å². The summed E-state index contributed by atoms with van der Waals surface area (Å²) in [5.74, 6) is -0.183. The van der Waals surface area contributed by atoms with Gasteiger partial charge < -0.3 is 9.88 Å². The molecule has 0 atom stereocenters. The third-order valence-electron chi connectivity index (χ3n) is 2.90. The summed E-state index contributed by atoms with van der Waals surface area (Å²) in [6.45, 7) is 2.12. The van der Waals surface area contributed by atoms with Crippen molar-refractivity contribution in [3.63, 3.8) is 0 Å². The monoisotopic (exact) mass is 273 g/mol. The number of nitrogens with one attached hydrogen (secondary N) is 2. The maximum absolute atomic E-state index is 11.8. The fourth-order valence-electron chi connectivity index (χ4n) is 1.77. The molecule has 0 saturated heterocycles. The van der Waals surface area contributed by atoms with E-state index < -0.39 is 11.2 Å². The van der Waals surface area contributed by atoms with Gasteiger partial charge in [-0.2, -0.15) is 0 Å². The lowest BCUT2D eigenvalue weighted by Crippen LogP contribution is -2.29. The van der Waals surface area contributed by atoms with Crippen molar-refractivity contribution in [3.8, 4) is 0 Å². The molecular formula is C14H15N3O3. The highest BCUT2D eigenvalue weighted by molar-refractivity contribution is 5.91. The number of nitrogens with zero attached hydrogens (tertiary/aromatic N) is 1. The zero-order valence-electron chi connectivity index (χ0n) is 11.1. The number of anilines is 1. The van der Waals surface area contributed by atoms with E-state index in [0.29, 0.717) is 0 Å². The Bertz CT molecular complexity index is 731. The van der Waals surface area contributed by atoms with Crippen molar-refractivity contribution in [1.82, 2.24) is 9.55 Å². The van der Waals surface area contributed by atoms with Gasteiger partial charge in [-0.25, -0.2) is 4.79 Å². The quantitative estimate of drug-likeness (QED) is 0.867. The van der Waals surface area contributed by atoms with Crippen LogP contribution in [0.4, 0.5) is 5.69 Å². The second-order valence-corrected chi connectivity index (χ2v) is 4.42. The molecular weight excluding hydrogens is 258 g/mol. The van der Waals surface area contributed by atoms with Crippen molar-refractivity contribution < 1.29 is 4.79 Å². The molecule has 1 aromatic carbocycles. The van der Waals surface area contributed by atoms with Crippen molar-refractivity contribution in [3.05, 3.63) is 62.9 Å². The van der Waals surface area contributed by atoms with E-state index in [0.717, 1.165) is 11.3 Å². The first-order chi connectivity index (χ1) is 9.56. The average Bonchev–Trinajstić information content (AvgIpc) is 2.40. The van der Waals surface area contributed by atoms with Gasteiger partial charge in [-0.1, -0.05) is 18.2 Å². The minimum Gasteiger partial charge on any atom is -0.326 e. The molecule has 2 rings (SSSR count). The number of carbonyl (C=O) groups is 1. The van der Waals surface area contributed by atoms with Crippen molar-refractivity contribution in [2.45, 2.75) is 19.9 Å². The lowest BCUT2D eigenvalue weighted by atomic mass is 10.2. The lowest BCUT2D eigenvalue weighted by molar-refractivity contribution is -0.116. The zero-order valence-corrected chi connectivity index (χ0v) is 11.1. The molecule has 0 saturated carbocycles. The number of carbonyl (C=O) groups excluding carboxylic acids is 1. The first-order valence-electron chi connectivity index (χ1n) is 6.21. The maximum atomic E-state index is 11.8. The SMILES string of the molecule is Cc1ccccc1NC(=O)CCn1ccc(=O)[nH]c1=O. The van der Waals surface area contributed by atoms with Crippen LogP contribution < -0.4 is 16.6 Å². The highest BCUT2D eigenvalue weighted by Gasteiger charge is 2.05. The third-order valence-corrected chi connectivity index (χ3v) is 2.90. The highest BCUT2D eigenvalue weighted by Crippen LogP contribution is 2.13. The van der Waals surface area contributed by atoms with Gasteiger partial charge in [0.15, 0.2) is 0 Å². The predicted molar refractivity (Wildman–Crippen MR) is 75.7 cm³/mol. The van der Waals surface area contributed by atoms with Gasteiger partial charge in [-0.15, -0.1) is 0 Å². The molecule has 2 aromatic rings. The second-order valence-electron chi connectivity index (χ2n) is 4.42. The normalized spacial score (nSPS) is 10.2. The van der Waals surface area contributed by atoms with Crippen LogP contribution in [0.5, 0.6) is 0 Å². The summed E-state index contributed by atoms with van der Waals surface area (Å²) in [6, 6.07) is 8.71. The van der Waals surface area contributed by atoms with E-state index in [1.807, 2.05) is 31.2 Å². The molecule has 6 heteroatoms. The van der Waals surface area contributed by atoms with Gasteiger partial charge in [0.05, 0.1) is 0 Å². The van der Waals surface area contributed by atoms with Crippen molar-refractivity contribution in [1.29, 1.82) is 0 Å². The molecule has 1 aromatic heterocycles. The fourth-order valence-corrected chi connectivity index (χ4v) is 1.77. The molecule has 0 bridgehead atoms. The average molecular weight is 273 g/mol. The number of aromatic amines is 1. The number of aryl methyl sites for hydroxylation is 2. The largest absolute Gasteiger partial charge is 0.328 e. The van der Waals surface area contributed by atoms with Gasteiger partial charge in [-0.05, 0) is 18.6 Å². The smallest absolute Gasteiger partial charge is 0.326 e. The second kappa shape index (κ2) is 6.01. The summed E-state index contributed by atoms with van der Waals surface area (Å²) in [7, 11) is 0. The van der Waals surface area contributed by atoms with Crippen LogP contribution in [-0.4, -0.2) is 15.5 Å². The molecule has 0 aliphatic carbocycles. The van der Waals surface area contributed by atoms with Crippen LogP contribution in [0.15, 0.2) is 46.1 Å². The van der Waals surface area contributed by atoms with Crippen LogP contribution in [0.25, 0.3) is 0 Å². The van der Waals surface area contributed by atoms with Crippen molar-refractivity contribution in [2.24, 2.45) is 0 Å². The molecule has 0 aliphatic heterocycles.